The molecule has 2 aromatic rings. The molecule has 0 unspecified atom stereocenters. The molecule has 78 valence electrons. The Labute approximate surface area is 114 Å². The zero-order valence-corrected chi connectivity index (χ0v) is 12.0. The first-order valence-electron chi connectivity index (χ1n) is 4.13. The normalized spacial score (nSPS) is 10.6. The lowest BCUT2D eigenvalue weighted by Crippen LogP contribution is -2.03. The first-order chi connectivity index (χ1) is 7.22. The van der Waals surface area contributed by atoms with Crippen molar-refractivity contribution in [1.29, 1.82) is 0 Å². The molecule has 0 aliphatic carbocycles. The van der Waals surface area contributed by atoms with Crippen LogP contribution in [0, 0.1) is 3.57 Å². The maximum atomic E-state index is 5.80. The highest BCUT2D eigenvalue weighted by Gasteiger charge is 2.08. The molecule has 0 spiro atoms. The van der Waals surface area contributed by atoms with E-state index in [1.54, 1.807) is 10.9 Å². The fourth-order valence-corrected chi connectivity index (χ4v) is 2.29. The Bertz CT molecular complexity index is 486. The second kappa shape index (κ2) is 4.80. The Morgan fingerprint density at radius 2 is 2.27 bits per heavy atom. The molecule has 0 atom stereocenters. The van der Waals surface area contributed by atoms with E-state index in [4.69, 9.17) is 11.6 Å². The van der Waals surface area contributed by atoms with Crippen molar-refractivity contribution in [3.05, 3.63) is 38.1 Å². The summed E-state index contributed by atoms with van der Waals surface area (Å²) in [6.45, 7) is 0. The van der Waals surface area contributed by atoms with Crippen molar-refractivity contribution < 1.29 is 0 Å². The number of nitrogens with zero attached hydrogens (tertiary/aromatic N) is 3. The molecule has 0 radical (unpaired) electrons. The van der Waals surface area contributed by atoms with Crippen molar-refractivity contribution in [3.8, 4) is 5.69 Å². The highest BCUT2D eigenvalue weighted by atomic mass is 127. The fourth-order valence-electron chi connectivity index (χ4n) is 1.20. The van der Waals surface area contributed by atoms with Gasteiger partial charge in [0.25, 0.3) is 0 Å². The van der Waals surface area contributed by atoms with Crippen molar-refractivity contribution in [1.82, 2.24) is 15.0 Å². The predicted molar refractivity (Wildman–Crippen MR) is 71.3 cm³/mol. The van der Waals surface area contributed by atoms with Gasteiger partial charge in [-0.2, -0.15) is 0 Å². The van der Waals surface area contributed by atoms with Gasteiger partial charge in [0.05, 0.1) is 23.5 Å². The van der Waals surface area contributed by atoms with Gasteiger partial charge in [0.15, 0.2) is 0 Å². The van der Waals surface area contributed by atoms with Crippen LogP contribution in [0.1, 0.15) is 5.69 Å². The van der Waals surface area contributed by atoms with E-state index in [1.807, 2.05) is 18.2 Å². The van der Waals surface area contributed by atoms with Crippen LogP contribution in [-0.2, 0) is 5.88 Å². The Morgan fingerprint density at radius 1 is 1.47 bits per heavy atom. The third-order valence-corrected chi connectivity index (χ3v) is 3.57. The lowest BCUT2D eigenvalue weighted by molar-refractivity contribution is 0.778. The molecule has 0 bridgehead atoms. The molecule has 0 aliphatic rings. The zero-order valence-electron chi connectivity index (χ0n) is 7.49. The number of alkyl halides is 1. The SMILES string of the molecule is ClCc1cnnn1-c1cc(Br)ccc1I. The van der Waals surface area contributed by atoms with Crippen LogP contribution >= 0.6 is 50.1 Å². The second-order valence-corrected chi connectivity index (χ2v) is 5.21. The number of hydrogen-bond donors (Lipinski definition) is 0. The molecular formula is C9H6BrClIN3. The second-order valence-electron chi connectivity index (χ2n) is 2.87. The summed E-state index contributed by atoms with van der Waals surface area (Å²) in [4.78, 5) is 0. The Hall–Kier alpha value is -0.140. The van der Waals surface area contributed by atoms with Gasteiger partial charge in [0, 0.05) is 8.04 Å². The minimum Gasteiger partial charge on any atom is -0.215 e. The molecular weight excluding hydrogens is 392 g/mol. The quantitative estimate of drug-likeness (QED) is 0.574. The van der Waals surface area contributed by atoms with E-state index in [2.05, 4.69) is 48.8 Å². The first-order valence-corrected chi connectivity index (χ1v) is 6.54. The molecule has 15 heavy (non-hydrogen) atoms. The van der Waals surface area contributed by atoms with Crippen LogP contribution in [0.2, 0.25) is 0 Å². The van der Waals surface area contributed by atoms with Crippen LogP contribution in [0.3, 0.4) is 0 Å². The van der Waals surface area contributed by atoms with E-state index in [0.717, 1.165) is 19.4 Å². The summed E-state index contributed by atoms with van der Waals surface area (Å²) >= 11 is 11.5. The summed E-state index contributed by atoms with van der Waals surface area (Å²) in [5.74, 6) is 0.398. The standard InChI is InChI=1S/C9H6BrClIN3/c10-6-1-2-8(12)9(3-6)15-7(4-11)5-13-14-15/h1-3,5H,4H2. The molecule has 2 rings (SSSR count). The third kappa shape index (κ3) is 2.34. The maximum Gasteiger partial charge on any atom is 0.0811 e. The van der Waals surface area contributed by atoms with Gasteiger partial charge in [-0.15, -0.1) is 16.7 Å². The van der Waals surface area contributed by atoms with Crippen molar-refractivity contribution in [2.45, 2.75) is 5.88 Å². The van der Waals surface area contributed by atoms with Gasteiger partial charge in [-0.3, -0.25) is 0 Å². The zero-order chi connectivity index (χ0) is 10.8. The highest BCUT2D eigenvalue weighted by molar-refractivity contribution is 14.1. The van der Waals surface area contributed by atoms with Crippen molar-refractivity contribution in [3.63, 3.8) is 0 Å². The third-order valence-electron chi connectivity index (χ3n) is 1.89. The van der Waals surface area contributed by atoms with Crippen LogP contribution < -0.4 is 0 Å². The number of halogens is 3. The molecule has 0 aliphatic heterocycles. The molecule has 1 heterocycles. The average molecular weight is 398 g/mol. The first kappa shape index (κ1) is 11.3. The minimum atomic E-state index is 0.398. The van der Waals surface area contributed by atoms with Crippen molar-refractivity contribution in [2.75, 3.05) is 0 Å². The molecule has 0 amide bonds. The van der Waals surface area contributed by atoms with Crippen LogP contribution in [0.25, 0.3) is 5.69 Å². The topological polar surface area (TPSA) is 30.7 Å². The van der Waals surface area contributed by atoms with E-state index >= 15 is 0 Å². The van der Waals surface area contributed by atoms with Crippen molar-refractivity contribution >= 4 is 50.1 Å². The van der Waals surface area contributed by atoms with E-state index in [9.17, 15) is 0 Å². The molecule has 6 heteroatoms. The molecule has 0 N–H and O–H groups in total. The lowest BCUT2D eigenvalue weighted by Gasteiger charge is -2.06. The smallest absolute Gasteiger partial charge is 0.0811 e. The van der Waals surface area contributed by atoms with Crippen LogP contribution in [0.4, 0.5) is 0 Å². The van der Waals surface area contributed by atoms with Crippen LogP contribution in [0.5, 0.6) is 0 Å². The van der Waals surface area contributed by atoms with Crippen LogP contribution in [0.15, 0.2) is 28.9 Å². The van der Waals surface area contributed by atoms with E-state index < -0.39 is 0 Å². The summed E-state index contributed by atoms with van der Waals surface area (Å²) in [6, 6.07) is 5.99. The molecule has 0 fully saturated rings. The van der Waals surface area contributed by atoms with Gasteiger partial charge in [0.2, 0.25) is 0 Å². The fraction of sp³-hybridized carbons (Fsp3) is 0.111. The largest absolute Gasteiger partial charge is 0.215 e. The number of benzene rings is 1. The maximum absolute atomic E-state index is 5.80. The number of aromatic nitrogens is 3. The molecule has 0 saturated heterocycles. The number of rotatable bonds is 2. The predicted octanol–water partition coefficient (Wildman–Crippen LogP) is 3.37. The average Bonchev–Trinajstić information content (AvgIpc) is 2.69. The molecule has 1 aromatic heterocycles. The number of hydrogen-bond acceptors (Lipinski definition) is 2. The molecule has 1 aromatic carbocycles. The highest BCUT2D eigenvalue weighted by Crippen LogP contribution is 2.22. The van der Waals surface area contributed by atoms with Crippen molar-refractivity contribution in [2.24, 2.45) is 0 Å². The van der Waals surface area contributed by atoms with E-state index in [0.29, 0.717) is 5.88 Å². The molecule has 0 saturated carbocycles. The van der Waals surface area contributed by atoms with Gasteiger partial charge in [-0.25, -0.2) is 4.68 Å². The summed E-state index contributed by atoms with van der Waals surface area (Å²) < 4.78 is 3.86. The Balaban J connectivity index is 2.58. The van der Waals surface area contributed by atoms with Gasteiger partial charge in [0.1, 0.15) is 0 Å². The Kier molecular flexibility index (Phi) is 3.63. The summed E-state index contributed by atoms with van der Waals surface area (Å²) in [5, 5.41) is 7.87. The van der Waals surface area contributed by atoms with Crippen LogP contribution in [-0.4, -0.2) is 15.0 Å². The van der Waals surface area contributed by atoms with E-state index in [1.165, 1.54) is 0 Å². The van der Waals surface area contributed by atoms with Gasteiger partial charge in [-0.1, -0.05) is 21.1 Å². The summed E-state index contributed by atoms with van der Waals surface area (Å²) in [6.07, 6.45) is 1.67. The van der Waals surface area contributed by atoms with Gasteiger partial charge < -0.3 is 0 Å². The Morgan fingerprint density at radius 3 is 3.00 bits per heavy atom. The minimum absolute atomic E-state index is 0.398. The summed E-state index contributed by atoms with van der Waals surface area (Å²) in [7, 11) is 0. The van der Waals surface area contributed by atoms with Gasteiger partial charge in [-0.05, 0) is 40.8 Å². The summed E-state index contributed by atoms with van der Waals surface area (Å²) in [5.41, 5.74) is 1.87. The van der Waals surface area contributed by atoms with E-state index in [-0.39, 0.29) is 0 Å². The monoisotopic (exact) mass is 397 g/mol. The lowest BCUT2D eigenvalue weighted by atomic mass is 10.3. The van der Waals surface area contributed by atoms with Gasteiger partial charge >= 0.3 is 0 Å². The molecule has 3 nitrogen and oxygen atoms in total.